The number of allylic oxidation sites excluding steroid dienone is 1. The van der Waals surface area contributed by atoms with Gasteiger partial charge in [0.2, 0.25) is 5.76 Å². The van der Waals surface area contributed by atoms with Crippen LogP contribution in [0.15, 0.2) is 11.8 Å². The van der Waals surface area contributed by atoms with Crippen molar-refractivity contribution in [2.75, 3.05) is 20.3 Å². The normalized spacial score (nSPS) is 26.7. The van der Waals surface area contributed by atoms with Crippen molar-refractivity contribution < 1.29 is 23.8 Å². The van der Waals surface area contributed by atoms with Crippen LogP contribution >= 0.6 is 0 Å². The highest BCUT2D eigenvalue weighted by Gasteiger charge is 2.40. The van der Waals surface area contributed by atoms with E-state index in [1.165, 1.54) is 12.0 Å². The molecule has 2 atom stereocenters. The molecule has 1 saturated heterocycles. The molecule has 0 aromatic heterocycles. The molecule has 2 rings (SSSR count). The summed E-state index contributed by atoms with van der Waals surface area (Å²) in [5.74, 6) is -0.233. The predicted octanol–water partition coefficient (Wildman–Crippen LogP) is 1.90. The van der Waals surface area contributed by atoms with Crippen molar-refractivity contribution in [3.63, 3.8) is 0 Å². The van der Waals surface area contributed by atoms with Gasteiger partial charge in [-0.1, -0.05) is 20.8 Å². The van der Waals surface area contributed by atoms with E-state index < -0.39 is 18.3 Å². The van der Waals surface area contributed by atoms with E-state index in [1.807, 2.05) is 0 Å². The Bertz CT molecular complexity index is 437. The van der Waals surface area contributed by atoms with Crippen LogP contribution in [-0.2, 0) is 19.0 Å². The van der Waals surface area contributed by atoms with E-state index in [4.69, 9.17) is 14.2 Å². The van der Waals surface area contributed by atoms with Crippen LogP contribution in [-0.4, -0.2) is 43.5 Å². The Labute approximate surface area is 118 Å². The summed E-state index contributed by atoms with van der Waals surface area (Å²) in [6, 6.07) is 0. The smallest absolute Gasteiger partial charge is 0.412 e. The maximum atomic E-state index is 11.7. The third kappa shape index (κ3) is 2.89. The Morgan fingerprint density at radius 2 is 2.15 bits per heavy atom. The standard InChI is InChI=1S/C14H21NO5/c1-14(2,3)9-7-10(12(16)18-4)20-11(8-9)15-5-6-19-13(15)17/h7,9,11H,5-6,8H2,1-4H3/t9-,11+/m0/s1. The van der Waals surface area contributed by atoms with E-state index in [-0.39, 0.29) is 17.1 Å². The molecule has 0 bridgehead atoms. The van der Waals surface area contributed by atoms with Crippen molar-refractivity contribution in [2.24, 2.45) is 11.3 Å². The lowest BCUT2D eigenvalue weighted by Crippen LogP contribution is -2.43. The molecule has 2 aliphatic rings. The second-order valence-electron chi connectivity index (χ2n) is 6.11. The Hall–Kier alpha value is -1.72. The van der Waals surface area contributed by atoms with Gasteiger partial charge in [-0.15, -0.1) is 0 Å². The van der Waals surface area contributed by atoms with Crippen LogP contribution in [0.4, 0.5) is 4.79 Å². The highest BCUT2D eigenvalue weighted by Crippen LogP contribution is 2.37. The number of methoxy groups -OCH3 is 1. The van der Waals surface area contributed by atoms with Crippen LogP contribution in [0.5, 0.6) is 0 Å². The predicted molar refractivity (Wildman–Crippen MR) is 70.6 cm³/mol. The summed E-state index contributed by atoms with van der Waals surface area (Å²) in [6.45, 7) is 7.11. The number of amides is 1. The Balaban J connectivity index is 2.23. The van der Waals surface area contributed by atoms with E-state index in [2.05, 4.69) is 20.8 Å². The van der Waals surface area contributed by atoms with Crippen molar-refractivity contribution in [1.82, 2.24) is 4.90 Å². The van der Waals surface area contributed by atoms with Crippen molar-refractivity contribution in [2.45, 2.75) is 33.4 Å². The number of rotatable bonds is 2. The van der Waals surface area contributed by atoms with Gasteiger partial charge in [-0.05, 0) is 17.4 Å². The number of ether oxygens (including phenoxy) is 3. The highest BCUT2D eigenvalue weighted by atomic mass is 16.6. The van der Waals surface area contributed by atoms with Gasteiger partial charge in [0, 0.05) is 6.42 Å². The first-order chi connectivity index (χ1) is 9.32. The molecule has 0 unspecified atom stereocenters. The fourth-order valence-corrected chi connectivity index (χ4v) is 2.38. The molecule has 6 heteroatoms. The lowest BCUT2D eigenvalue weighted by molar-refractivity contribution is -0.145. The monoisotopic (exact) mass is 283 g/mol. The van der Waals surface area contributed by atoms with Crippen LogP contribution in [0.25, 0.3) is 0 Å². The lowest BCUT2D eigenvalue weighted by atomic mass is 9.77. The lowest BCUT2D eigenvalue weighted by Gasteiger charge is -2.38. The number of cyclic esters (lactones) is 1. The minimum Gasteiger partial charge on any atom is -0.463 e. The first-order valence-electron chi connectivity index (χ1n) is 6.73. The molecule has 2 heterocycles. The minimum absolute atomic E-state index is 0.0368. The number of nitrogens with zero attached hydrogens (tertiary/aromatic N) is 1. The fourth-order valence-electron chi connectivity index (χ4n) is 2.38. The molecule has 0 spiro atoms. The maximum Gasteiger partial charge on any atom is 0.412 e. The summed E-state index contributed by atoms with van der Waals surface area (Å²) < 4.78 is 15.3. The highest BCUT2D eigenvalue weighted by molar-refractivity contribution is 5.86. The number of carbonyl (C=O) groups is 2. The number of esters is 1. The SMILES string of the molecule is COC(=O)C1=C[C@H](C(C)(C)C)C[C@H](N2CCOC2=O)O1. The summed E-state index contributed by atoms with van der Waals surface area (Å²) in [5, 5.41) is 0. The first-order valence-corrected chi connectivity index (χ1v) is 6.73. The molecular weight excluding hydrogens is 262 g/mol. The van der Waals surface area contributed by atoms with Crippen molar-refractivity contribution in [3.8, 4) is 0 Å². The number of carbonyl (C=O) groups excluding carboxylic acids is 2. The average molecular weight is 283 g/mol. The molecule has 112 valence electrons. The first kappa shape index (κ1) is 14.7. The van der Waals surface area contributed by atoms with E-state index >= 15 is 0 Å². The maximum absolute atomic E-state index is 11.7. The van der Waals surface area contributed by atoms with Gasteiger partial charge in [0.05, 0.1) is 13.7 Å². The van der Waals surface area contributed by atoms with Gasteiger partial charge in [0.25, 0.3) is 0 Å². The molecule has 1 amide bonds. The third-order valence-corrected chi connectivity index (χ3v) is 3.71. The number of hydrogen-bond acceptors (Lipinski definition) is 5. The van der Waals surface area contributed by atoms with E-state index in [0.29, 0.717) is 19.6 Å². The molecule has 0 N–H and O–H groups in total. The second-order valence-corrected chi connectivity index (χ2v) is 6.11. The van der Waals surface area contributed by atoms with Gasteiger partial charge in [-0.2, -0.15) is 0 Å². The van der Waals surface area contributed by atoms with Crippen molar-refractivity contribution >= 4 is 12.1 Å². The van der Waals surface area contributed by atoms with E-state index in [9.17, 15) is 9.59 Å². The zero-order chi connectivity index (χ0) is 14.9. The van der Waals surface area contributed by atoms with Crippen LogP contribution < -0.4 is 0 Å². The molecular formula is C14H21NO5. The summed E-state index contributed by atoms with van der Waals surface area (Å²) in [5.41, 5.74) is -0.0368. The molecule has 0 aromatic rings. The van der Waals surface area contributed by atoms with Gasteiger partial charge in [0.15, 0.2) is 6.23 Å². The average Bonchev–Trinajstić information content (AvgIpc) is 2.82. The van der Waals surface area contributed by atoms with Gasteiger partial charge in [-0.25, -0.2) is 9.59 Å². The Kier molecular flexibility index (Phi) is 3.92. The summed E-state index contributed by atoms with van der Waals surface area (Å²) in [7, 11) is 1.31. The van der Waals surface area contributed by atoms with Crippen LogP contribution in [0.3, 0.4) is 0 Å². The largest absolute Gasteiger partial charge is 0.463 e. The topological polar surface area (TPSA) is 65.1 Å². The molecule has 2 aliphatic heterocycles. The van der Waals surface area contributed by atoms with E-state index in [0.717, 1.165) is 0 Å². The number of hydrogen-bond donors (Lipinski definition) is 0. The molecule has 0 radical (unpaired) electrons. The second kappa shape index (κ2) is 5.34. The zero-order valence-corrected chi connectivity index (χ0v) is 12.3. The van der Waals surface area contributed by atoms with Crippen LogP contribution in [0.2, 0.25) is 0 Å². The molecule has 0 aliphatic carbocycles. The molecule has 20 heavy (non-hydrogen) atoms. The molecule has 6 nitrogen and oxygen atoms in total. The van der Waals surface area contributed by atoms with Crippen LogP contribution in [0, 0.1) is 11.3 Å². The van der Waals surface area contributed by atoms with Crippen molar-refractivity contribution in [1.29, 1.82) is 0 Å². The van der Waals surface area contributed by atoms with Gasteiger partial charge in [0.1, 0.15) is 6.61 Å². The zero-order valence-electron chi connectivity index (χ0n) is 12.3. The summed E-state index contributed by atoms with van der Waals surface area (Å²) in [4.78, 5) is 24.9. The molecule has 0 aromatic carbocycles. The van der Waals surface area contributed by atoms with Crippen LogP contribution in [0.1, 0.15) is 27.2 Å². The summed E-state index contributed by atoms with van der Waals surface area (Å²) in [6.07, 6.45) is 1.56. The minimum atomic E-state index is -0.517. The Morgan fingerprint density at radius 1 is 1.45 bits per heavy atom. The van der Waals surface area contributed by atoms with Gasteiger partial charge < -0.3 is 14.2 Å². The van der Waals surface area contributed by atoms with Crippen molar-refractivity contribution in [3.05, 3.63) is 11.8 Å². The third-order valence-electron chi connectivity index (χ3n) is 3.71. The van der Waals surface area contributed by atoms with E-state index in [1.54, 1.807) is 6.08 Å². The quantitative estimate of drug-likeness (QED) is 0.724. The summed E-state index contributed by atoms with van der Waals surface area (Å²) >= 11 is 0. The van der Waals surface area contributed by atoms with Gasteiger partial charge >= 0.3 is 12.1 Å². The molecule has 1 fully saturated rings. The van der Waals surface area contributed by atoms with Gasteiger partial charge in [-0.3, -0.25) is 4.90 Å². The Morgan fingerprint density at radius 3 is 2.65 bits per heavy atom. The fraction of sp³-hybridized carbons (Fsp3) is 0.714. The molecule has 0 saturated carbocycles.